The van der Waals surface area contributed by atoms with Gasteiger partial charge in [0.15, 0.2) is 0 Å². The zero-order valence-electron chi connectivity index (χ0n) is 10.4. The van der Waals surface area contributed by atoms with Crippen molar-refractivity contribution in [3.05, 3.63) is 47.3 Å². The SMILES string of the molecule is Cc1nn(-c2ccc(C(F)(F)F)cc2)cc1CCN. The largest absolute Gasteiger partial charge is 0.416 e. The quantitative estimate of drug-likeness (QED) is 0.931. The normalized spacial score (nSPS) is 11.8. The van der Waals surface area contributed by atoms with Crippen LogP contribution in [0.3, 0.4) is 0 Å². The van der Waals surface area contributed by atoms with Crippen LogP contribution in [0.25, 0.3) is 5.69 Å². The van der Waals surface area contributed by atoms with Crippen LogP contribution in [0.1, 0.15) is 16.8 Å². The lowest BCUT2D eigenvalue weighted by atomic mass is 10.2. The van der Waals surface area contributed by atoms with E-state index in [2.05, 4.69) is 5.10 Å². The van der Waals surface area contributed by atoms with Crippen LogP contribution in [0.5, 0.6) is 0 Å². The first-order chi connectivity index (χ1) is 8.91. The van der Waals surface area contributed by atoms with Gasteiger partial charge in [-0.1, -0.05) is 0 Å². The highest BCUT2D eigenvalue weighted by molar-refractivity contribution is 5.36. The van der Waals surface area contributed by atoms with E-state index in [1.165, 1.54) is 12.1 Å². The number of nitrogens with zero attached hydrogens (tertiary/aromatic N) is 2. The molecule has 6 heteroatoms. The molecular formula is C13H14F3N3. The van der Waals surface area contributed by atoms with Crippen LogP contribution >= 0.6 is 0 Å². The predicted molar refractivity (Wildman–Crippen MR) is 66.1 cm³/mol. The molecule has 2 N–H and O–H groups in total. The first-order valence-electron chi connectivity index (χ1n) is 5.84. The molecule has 2 aromatic rings. The Balaban J connectivity index is 2.30. The molecule has 1 aromatic carbocycles. The third-order valence-electron chi connectivity index (χ3n) is 2.87. The first kappa shape index (κ1) is 13.6. The lowest BCUT2D eigenvalue weighted by Gasteiger charge is -2.07. The Morgan fingerprint density at radius 3 is 2.37 bits per heavy atom. The summed E-state index contributed by atoms with van der Waals surface area (Å²) < 4.78 is 38.9. The van der Waals surface area contributed by atoms with Crippen molar-refractivity contribution in [3.63, 3.8) is 0 Å². The van der Waals surface area contributed by atoms with Gasteiger partial charge in [0.2, 0.25) is 0 Å². The predicted octanol–water partition coefficient (Wildman–Crippen LogP) is 2.70. The summed E-state index contributed by atoms with van der Waals surface area (Å²) in [6.07, 6.45) is -1.82. The molecule has 0 aliphatic rings. The van der Waals surface area contributed by atoms with Gasteiger partial charge in [0.1, 0.15) is 0 Å². The zero-order chi connectivity index (χ0) is 14.0. The van der Waals surface area contributed by atoms with Crippen molar-refractivity contribution in [3.8, 4) is 5.69 Å². The summed E-state index contributed by atoms with van der Waals surface area (Å²) in [6.45, 7) is 2.37. The fourth-order valence-corrected chi connectivity index (χ4v) is 1.83. The molecule has 0 saturated carbocycles. The Kier molecular flexibility index (Phi) is 3.61. The van der Waals surface area contributed by atoms with Gasteiger partial charge in [-0.2, -0.15) is 18.3 Å². The summed E-state index contributed by atoms with van der Waals surface area (Å²) in [5.74, 6) is 0. The number of aromatic nitrogens is 2. The van der Waals surface area contributed by atoms with Gasteiger partial charge >= 0.3 is 6.18 Å². The monoisotopic (exact) mass is 269 g/mol. The summed E-state index contributed by atoms with van der Waals surface area (Å²) in [7, 11) is 0. The Bertz CT molecular complexity index is 556. The minimum atomic E-state index is -4.32. The standard InChI is InChI=1S/C13H14F3N3/c1-9-10(6-7-17)8-19(18-9)12-4-2-11(3-5-12)13(14,15)16/h2-5,8H,6-7,17H2,1H3. The molecule has 0 radical (unpaired) electrons. The molecule has 0 amide bonds. The maximum atomic E-state index is 12.5. The first-order valence-corrected chi connectivity index (χ1v) is 5.84. The lowest BCUT2D eigenvalue weighted by Crippen LogP contribution is -2.05. The van der Waals surface area contributed by atoms with Crippen molar-refractivity contribution in [2.75, 3.05) is 6.54 Å². The van der Waals surface area contributed by atoms with E-state index in [1.54, 1.807) is 10.9 Å². The third-order valence-corrected chi connectivity index (χ3v) is 2.87. The van der Waals surface area contributed by atoms with Crippen molar-refractivity contribution < 1.29 is 13.2 Å². The van der Waals surface area contributed by atoms with Gasteiger partial charge in [-0.25, -0.2) is 4.68 Å². The summed E-state index contributed by atoms with van der Waals surface area (Å²) in [5, 5.41) is 4.27. The second kappa shape index (κ2) is 5.05. The van der Waals surface area contributed by atoms with Crippen LogP contribution in [0, 0.1) is 6.92 Å². The van der Waals surface area contributed by atoms with Crippen molar-refractivity contribution in [2.24, 2.45) is 5.73 Å². The number of hydrogen-bond donors (Lipinski definition) is 1. The average molecular weight is 269 g/mol. The molecule has 1 heterocycles. The van der Waals surface area contributed by atoms with Gasteiger partial charge in [0.25, 0.3) is 0 Å². The van der Waals surface area contributed by atoms with Gasteiger partial charge in [-0.05, 0) is 49.7 Å². The van der Waals surface area contributed by atoms with Gasteiger partial charge < -0.3 is 5.73 Å². The van der Waals surface area contributed by atoms with Crippen LogP contribution < -0.4 is 5.73 Å². The number of nitrogens with two attached hydrogens (primary N) is 1. The van der Waals surface area contributed by atoms with Crippen molar-refractivity contribution in [2.45, 2.75) is 19.5 Å². The Morgan fingerprint density at radius 1 is 1.21 bits per heavy atom. The summed E-state index contributed by atoms with van der Waals surface area (Å²) in [6, 6.07) is 4.91. The highest BCUT2D eigenvalue weighted by atomic mass is 19.4. The highest BCUT2D eigenvalue weighted by Gasteiger charge is 2.30. The molecule has 19 heavy (non-hydrogen) atoms. The number of rotatable bonds is 3. The van der Waals surface area contributed by atoms with Crippen LogP contribution in [-0.2, 0) is 12.6 Å². The second-order valence-corrected chi connectivity index (χ2v) is 4.27. The maximum absolute atomic E-state index is 12.5. The van der Waals surface area contributed by atoms with Crippen molar-refractivity contribution in [1.82, 2.24) is 9.78 Å². The van der Waals surface area contributed by atoms with Gasteiger partial charge in [0.05, 0.1) is 16.9 Å². The van der Waals surface area contributed by atoms with E-state index in [-0.39, 0.29) is 0 Å². The molecule has 2 rings (SSSR count). The molecule has 0 unspecified atom stereocenters. The minimum Gasteiger partial charge on any atom is -0.330 e. The van der Waals surface area contributed by atoms with Crippen molar-refractivity contribution >= 4 is 0 Å². The number of alkyl halides is 3. The summed E-state index contributed by atoms with van der Waals surface area (Å²) >= 11 is 0. The Labute approximate surface area is 108 Å². The molecule has 3 nitrogen and oxygen atoms in total. The summed E-state index contributed by atoms with van der Waals surface area (Å²) in [5.41, 5.74) is 7.26. The van der Waals surface area contributed by atoms with E-state index in [9.17, 15) is 13.2 Å². The molecule has 0 atom stereocenters. The van der Waals surface area contributed by atoms with E-state index in [1.807, 2.05) is 6.92 Å². The molecule has 0 aliphatic carbocycles. The fraction of sp³-hybridized carbons (Fsp3) is 0.308. The molecule has 0 aliphatic heterocycles. The lowest BCUT2D eigenvalue weighted by molar-refractivity contribution is -0.137. The van der Waals surface area contributed by atoms with Gasteiger partial charge in [-0.3, -0.25) is 0 Å². The van der Waals surface area contributed by atoms with E-state index in [0.717, 1.165) is 23.4 Å². The van der Waals surface area contributed by atoms with Crippen molar-refractivity contribution in [1.29, 1.82) is 0 Å². The topological polar surface area (TPSA) is 43.8 Å². The number of benzene rings is 1. The van der Waals surface area contributed by atoms with Crippen LogP contribution in [0.2, 0.25) is 0 Å². The third kappa shape index (κ3) is 2.96. The molecular weight excluding hydrogens is 255 g/mol. The fourth-order valence-electron chi connectivity index (χ4n) is 1.83. The van der Waals surface area contributed by atoms with E-state index in [4.69, 9.17) is 5.73 Å². The molecule has 1 aromatic heterocycles. The zero-order valence-corrected chi connectivity index (χ0v) is 10.4. The van der Waals surface area contributed by atoms with Gasteiger partial charge in [-0.15, -0.1) is 0 Å². The van der Waals surface area contributed by atoms with Gasteiger partial charge in [0, 0.05) is 6.20 Å². The number of hydrogen-bond acceptors (Lipinski definition) is 2. The molecule has 0 saturated heterocycles. The van der Waals surface area contributed by atoms with Crippen LogP contribution in [0.15, 0.2) is 30.5 Å². The Hall–Kier alpha value is -1.82. The van der Waals surface area contributed by atoms with Crippen LogP contribution in [-0.4, -0.2) is 16.3 Å². The van der Waals surface area contributed by atoms with E-state index in [0.29, 0.717) is 18.7 Å². The molecule has 0 fully saturated rings. The average Bonchev–Trinajstić information content (AvgIpc) is 2.71. The van der Waals surface area contributed by atoms with E-state index < -0.39 is 11.7 Å². The minimum absolute atomic E-state index is 0.513. The molecule has 102 valence electrons. The van der Waals surface area contributed by atoms with Crippen LogP contribution in [0.4, 0.5) is 13.2 Å². The van der Waals surface area contributed by atoms with E-state index >= 15 is 0 Å². The summed E-state index contributed by atoms with van der Waals surface area (Å²) in [4.78, 5) is 0. The molecule has 0 bridgehead atoms. The number of aryl methyl sites for hydroxylation is 1. The maximum Gasteiger partial charge on any atom is 0.416 e. The second-order valence-electron chi connectivity index (χ2n) is 4.27. The highest BCUT2D eigenvalue weighted by Crippen LogP contribution is 2.29. The smallest absolute Gasteiger partial charge is 0.330 e. The Morgan fingerprint density at radius 2 is 1.84 bits per heavy atom. The molecule has 0 spiro atoms. The number of halogens is 3.